The highest BCUT2D eigenvalue weighted by molar-refractivity contribution is 6.35. The summed E-state index contributed by atoms with van der Waals surface area (Å²) in [5, 5.41) is 2.73. The van der Waals surface area contributed by atoms with Crippen LogP contribution in [0.1, 0.15) is 27.2 Å². The minimum absolute atomic E-state index is 0.0883. The molecule has 3 aromatic rings. The molecule has 1 amide bonds. The molecule has 26 heavy (non-hydrogen) atoms. The van der Waals surface area contributed by atoms with Gasteiger partial charge in [0, 0.05) is 40.3 Å². The van der Waals surface area contributed by atoms with E-state index in [2.05, 4.69) is 10.3 Å². The molecular weight excluding hydrogens is 338 g/mol. The van der Waals surface area contributed by atoms with E-state index < -0.39 is 17.4 Å². The second-order valence-electron chi connectivity index (χ2n) is 5.89. The second kappa shape index (κ2) is 6.07. The van der Waals surface area contributed by atoms with Gasteiger partial charge in [0.1, 0.15) is 11.6 Å². The van der Waals surface area contributed by atoms with Gasteiger partial charge in [0.25, 0.3) is 5.91 Å². The van der Waals surface area contributed by atoms with Crippen molar-refractivity contribution < 1.29 is 18.4 Å². The lowest BCUT2D eigenvalue weighted by Crippen LogP contribution is -2.03. The normalized spacial score (nSPS) is 14.4. The molecule has 2 heterocycles. The Morgan fingerprint density at radius 2 is 1.73 bits per heavy atom. The predicted octanol–water partition coefficient (Wildman–Crippen LogP) is 4.02. The number of H-pyrrole nitrogens is 1. The Labute approximate surface area is 147 Å². The van der Waals surface area contributed by atoms with Crippen LogP contribution in [-0.2, 0) is 4.79 Å². The van der Waals surface area contributed by atoms with Crippen molar-refractivity contribution in [3.8, 4) is 0 Å². The summed E-state index contributed by atoms with van der Waals surface area (Å²) in [7, 11) is 0. The molecule has 0 fully saturated rings. The third kappa shape index (κ3) is 2.82. The molecule has 0 saturated carbocycles. The Kier molecular flexibility index (Phi) is 3.73. The number of hydrogen-bond donors (Lipinski definition) is 2. The molecule has 0 radical (unpaired) electrons. The van der Waals surface area contributed by atoms with Crippen LogP contribution in [0.25, 0.3) is 11.6 Å². The minimum atomic E-state index is -0.821. The average Bonchev–Trinajstić information content (AvgIpc) is 3.22. The van der Waals surface area contributed by atoms with Crippen LogP contribution in [0.15, 0.2) is 54.7 Å². The third-order valence-corrected chi connectivity index (χ3v) is 4.11. The van der Waals surface area contributed by atoms with Gasteiger partial charge in [0.2, 0.25) is 0 Å². The Morgan fingerprint density at radius 3 is 2.42 bits per heavy atom. The number of aromatic nitrogens is 1. The topological polar surface area (TPSA) is 62.0 Å². The molecule has 0 saturated heterocycles. The van der Waals surface area contributed by atoms with Crippen molar-refractivity contribution in [3.05, 3.63) is 88.7 Å². The molecule has 2 aromatic carbocycles. The summed E-state index contributed by atoms with van der Waals surface area (Å²) in [4.78, 5) is 27.8. The van der Waals surface area contributed by atoms with Crippen molar-refractivity contribution in [1.29, 1.82) is 0 Å². The summed E-state index contributed by atoms with van der Waals surface area (Å²) in [5.41, 5.74) is 2.44. The molecule has 0 atom stereocenters. The van der Waals surface area contributed by atoms with Crippen LogP contribution in [-0.4, -0.2) is 16.7 Å². The molecule has 4 rings (SSSR count). The Hall–Kier alpha value is -3.54. The maximum atomic E-state index is 13.4. The van der Waals surface area contributed by atoms with Crippen LogP contribution in [0.4, 0.5) is 14.5 Å². The maximum absolute atomic E-state index is 13.4. The summed E-state index contributed by atoms with van der Waals surface area (Å²) < 4.78 is 26.8. The van der Waals surface area contributed by atoms with Gasteiger partial charge in [0.15, 0.2) is 5.78 Å². The molecule has 4 nitrogen and oxygen atoms in total. The van der Waals surface area contributed by atoms with Crippen LogP contribution in [0, 0.1) is 11.6 Å². The minimum Gasteiger partial charge on any atom is -0.362 e. The lowest BCUT2D eigenvalue weighted by Gasteiger charge is -2.05. The Morgan fingerprint density at radius 1 is 0.962 bits per heavy atom. The fourth-order valence-corrected chi connectivity index (χ4v) is 2.91. The number of carbonyl (C=O) groups excluding carboxylic acids is 2. The molecule has 0 spiro atoms. The zero-order valence-electron chi connectivity index (χ0n) is 13.3. The Balaban J connectivity index is 1.76. The molecule has 6 heteroatoms. The van der Waals surface area contributed by atoms with Crippen molar-refractivity contribution in [1.82, 2.24) is 4.98 Å². The third-order valence-electron chi connectivity index (χ3n) is 4.11. The summed E-state index contributed by atoms with van der Waals surface area (Å²) in [6.45, 7) is 0. The number of benzene rings is 2. The van der Waals surface area contributed by atoms with E-state index in [0.29, 0.717) is 22.9 Å². The molecular formula is C20H12F2N2O2. The number of aromatic amines is 1. The molecule has 128 valence electrons. The number of hydrogen-bond acceptors (Lipinski definition) is 2. The molecule has 1 aliphatic heterocycles. The Bertz CT molecular complexity index is 1050. The smallest absolute Gasteiger partial charge is 0.256 e. The van der Waals surface area contributed by atoms with Crippen LogP contribution in [0.5, 0.6) is 0 Å². The second-order valence-corrected chi connectivity index (χ2v) is 5.89. The lowest BCUT2D eigenvalue weighted by atomic mass is 9.98. The van der Waals surface area contributed by atoms with Gasteiger partial charge < -0.3 is 10.3 Å². The highest BCUT2D eigenvalue weighted by Gasteiger charge is 2.25. The van der Waals surface area contributed by atoms with E-state index in [1.165, 1.54) is 6.07 Å². The molecule has 0 unspecified atom stereocenters. The lowest BCUT2D eigenvalue weighted by molar-refractivity contribution is -0.110. The summed E-state index contributed by atoms with van der Waals surface area (Å²) >= 11 is 0. The van der Waals surface area contributed by atoms with E-state index in [4.69, 9.17) is 0 Å². The van der Waals surface area contributed by atoms with E-state index >= 15 is 0 Å². The predicted molar refractivity (Wildman–Crippen MR) is 93.5 cm³/mol. The van der Waals surface area contributed by atoms with E-state index in [-0.39, 0.29) is 17.0 Å². The van der Waals surface area contributed by atoms with E-state index in [1.54, 1.807) is 30.5 Å². The van der Waals surface area contributed by atoms with Crippen molar-refractivity contribution in [3.63, 3.8) is 0 Å². The van der Waals surface area contributed by atoms with Gasteiger partial charge in [-0.05, 0) is 48.5 Å². The fraction of sp³-hybridized carbons (Fsp3) is 0. The number of rotatable bonds is 3. The zero-order chi connectivity index (χ0) is 18.3. The standard InChI is InChI=1S/C20H12F2N2O2/c21-13-6-12(7-14(22)9-13)19(25)11-3-4-18-16(8-11)17(20(26)24-18)10-15-2-1-5-23-15/h1-10,23H,(H,24,26)/b17-10-. The molecule has 2 N–H and O–H groups in total. The van der Waals surface area contributed by atoms with Crippen LogP contribution < -0.4 is 5.32 Å². The van der Waals surface area contributed by atoms with Crippen molar-refractivity contribution >= 4 is 29.0 Å². The van der Waals surface area contributed by atoms with Crippen LogP contribution >= 0.6 is 0 Å². The largest absolute Gasteiger partial charge is 0.362 e. The van der Waals surface area contributed by atoms with Gasteiger partial charge in [-0.1, -0.05) is 0 Å². The van der Waals surface area contributed by atoms with Crippen molar-refractivity contribution in [2.24, 2.45) is 0 Å². The van der Waals surface area contributed by atoms with E-state index in [9.17, 15) is 18.4 Å². The first kappa shape index (κ1) is 16.0. The number of fused-ring (bicyclic) bond motifs is 1. The van der Waals surface area contributed by atoms with Gasteiger partial charge in [-0.3, -0.25) is 9.59 Å². The van der Waals surface area contributed by atoms with Gasteiger partial charge in [0.05, 0.1) is 5.57 Å². The van der Waals surface area contributed by atoms with Gasteiger partial charge in [-0.15, -0.1) is 0 Å². The number of halogens is 2. The van der Waals surface area contributed by atoms with Gasteiger partial charge >= 0.3 is 0 Å². The summed E-state index contributed by atoms with van der Waals surface area (Å²) in [6, 6.07) is 11.0. The number of carbonyl (C=O) groups is 2. The van der Waals surface area contributed by atoms with Crippen molar-refractivity contribution in [2.75, 3.05) is 5.32 Å². The quantitative estimate of drug-likeness (QED) is 0.554. The number of amides is 1. The summed E-state index contributed by atoms with van der Waals surface area (Å²) in [6.07, 6.45) is 3.41. The summed E-state index contributed by atoms with van der Waals surface area (Å²) in [5.74, 6) is -2.45. The van der Waals surface area contributed by atoms with Gasteiger partial charge in [-0.2, -0.15) is 0 Å². The number of ketones is 1. The first-order chi connectivity index (χ1) is 12.5. The molecule has 0 aliphatic carbocycles. The number of anilines is 1. The maximum Gasteiger partial charge on any atom is 0.256 e. The fourth-order valence-electron chi connectivity index (χ4n) is 2.91. The van der Waals surface area contributed by atoms with Crippen LogP contribution in [0.3, 0.4) is 0 Å². The van der Waals surface area contributed by atoms with Gasteiger partial charge in [-0.25, -0.2) is 8.78 Å². The zero-order valence-corrected chi connectivity index (χ0v) is 13.3. The monoisotopic (exact) mass is 350 g/mol. The highest BCUT2D eigenvalue weighted by Crippen LogP contribution is 2.34. The SMILES string of the molecule is O=C1Nc2ccc(C(=O)c3cc(F)cc(F)c3)cc2/C1=C/c1ccc[nH]1. The molecule has 0 bridgehead atoms. The van der Waals surface area contributed by atoms with E-state index in [0.717, 1.165) is 17.8 Å². The molecule has 1 aliphatic rings. The average molecular weight is 350 g/mol. The van der Waals surface area contributed by atoms with Crippen LogP contribution in [0.2, 0.25) is 0 Å². The van der Waals surface area contributed by atoms with Crippen molar-refractivity contribution in [2.45, 2.75) is 0 Å². The first-order valence-electron chi connectivity index (χ1n) is 7.83. The first-order valence-corrected chi connectivity index (χ1v) is 7.83. The molecule has 1 aromatic heterocycles. The number of nitrogens with one attached hydrogen (secondary N) is 2. The highest BCUT2D eigenvalue weighted by atomic mass is 19.1. The van der Waals surface area contributed by atoms with E-state index in [1.807, 2.05) is 6.07 Å².